The van der Waals surface area contributed by atoms with Gasteiger partial charge in [-0.1, -0.05) is 0 Å². The molecule has 1 saturated heterocycles. The molecule has 1 aromatic carbocycles. The van der Waals surface area contributed by atoms with E-state index in [-0.39, 0.29) is 35.1 Å². The monoisotopic (exact) mass is 720 g/mol. The number of nitrogens with zero attached hydrogens (tertiary/aromatic N) is 6. The molecule has 0 spiro atoms. The highest BCUT2D eigenvalue weighted by Gasteiger charge is 2.41. The van der Waals surface area contributed by atoms with E-state index in [1.165, 1.54) is 51.9 Å². The highest BCUT2D eigenvalue weighted by molar-refractivity contribution is 7.90. The lowest BCUT2D eigenvalue weighted by Gasteiger charge is -2.34. The predicted octanol–water partition coefficient (Wildman–Crippen LogP) is 3.29. The molecule has 2 atom stereocenters. The fourth-order valence-electron chi connectivity index (χ4n) is 5.35. The largest absolute Gasteiger partial charge is 0.497 e. The number of carbonyl (C=O) groups is 1. The molecule has 1 aliphatic rings. The average molecular weight is 721 g/mol. The van der Waals surface area contributed by atoms with Crippen molar-refractivity contribution >= 4 is 27.6 Å². The molecule has 5 rings (SSSR count). The Morgan fingerprint density at radius 3 is 2.34 bits per heavy atom. The number of rotatable bonds is 13. The zero-order valence-electron chi connectivity index (χ0n) is 27.5. The molecule has 0 bridgehead atoms. The van der Waals surface area contributed by atoms with E-state index in [2.05, 4.69) is 25.4 Å². The molecular weight excluding hydrogens is 685 g/mol. The number of carbonyl (C=O) groups excluding carboxylic acids is 1. The summed E-state index contributed by atoms with van der Waals surface area (Å²) in [5.41, 5.74) is -2.40. The van der Waals surface area contributed by atoms with Crippen LogP contribution in [0, 0.1) is 6.92 Å². The standard InChI is InChI=1S/C31H35F3N8O7S/c1-19-12-26(31(32,33)34)39-42(19)27-24(17-36-30(38-27)37-21-13-22(46-2)15-23(14-21)47-3)25(18-41-8-10-49-11-9-41)29(48-4)50(44,45)40-28(43)20-6-5-7-35-16-20/h5-7,12-17,25,29H,8-11,18H2,1-4H3,(H,40,43)(H,36,37,38). The van der Waals surface area contributed by atoms with Crippen molar-refractivity contribution in [3.8, 4) is 17.3 Å². The zero-order chi connectivity index (χ0) is 36.1. The minimum atomic E-state index is -4.79. The zero-order valence-corrected chi connectivity index (χ0v) is 28.3. The molecule has 1 amide bonds. The maximum Gasteiger partial charge on any atom is 0.435 e. The summed E-state index contributed by atoms with van der Waals surface area (Å²) in [4.78, 5) is 27.7. The van der Waals surface area contributed by atoms with Gasteiger partial charge in [0.2, 0.25) is 5.95 Å². The molecule has 0 saturated carbocycles. The van der Waals surface area contributed by atoms with Gasteiger partial charge in [-0.15, -0.1) is 0 Å². The minimum absolute atomic E-state index is 0.00647. The number of anilines is 2. The second kappa shape index (κ2) is 15.4. The van der Waals surface area contributed by atoms with E-state index in [0.29, 0.717) is 43.5 Å². The van der Waals surface area contributed by atoms with Crippen LogP contribution in [0.4, 0.5) is 24.8 Å². The molecule has 268 valence electrons. The average Bonchev–Trinajstić information content (AvgIpc) is 3.50. The molecule has 1 fully saturated rings. The lowest BCUT2D eigenvalue weighted by Crippen LogP contribution is -2.47. The van der Waals surface area contributed by atoms with Gasteiger partial charge in [-0.05, 0) is 25.1 Å². The molecule has 4 aromatic rings. The fraction of sp³-hybridized carbons (Fsp3) is 0.387. The number of morpholine rings is 1. The van der Waals surface area contributed by atoms with Crippen molar-refractivity contribution in [2.75, 3.05) is 59.5 Å². The molecule has 50 heavy (non-hydrogen) atoms. The Bertz CT molecular complexity index is 1880. The molecule has 2 unspecified atom stereocenters. The maximum atomic E-state index is 13.9. The van der Waals surface area contributed by atoms with Crippen molar-refractivity contribution in [1.82, 2.24) is 34.4 Å². The lowest BCUT2D eigenvalue weighted by molar-refractivity contribution is -0.141. The van der Waals surface area contributed by atoms with Gasteiger partial charge in [-0.3, -0.25) is 14.7 Å². The van der Waals surface area contributed by atoms with Crippen LogP contribution in [0.15, 0.2) is 55.0 Å². The van der Waals surface area contributed by atoms with Crippen molar-refractivity contribution in [2.24, 2.45) is 0 Å². The summed E-state index contributed by atoms with van der Waals surface area (Å²) in [7, 11) is -0.550. The number of sulfonamides is 1. The van der Waals surface area contributed by atoms with E-state index in [9.17, 15) is 26.4 Å². The van der Waals surface area contributed by atoms with Gasteiger partial charge in [0.05, 0.1) is 33.0 Å². The highest BCUT2D eigenvalue weighted by Crippen LogP contribution is 2.35. The first kappa shape index (κ1) is 36.4. The third-order valence-corrected chi connectivity index (χ3v) is 9.37. The summed E-state index contributed by atoms with van der Waals surface area (Å²) in [6, 6.07) is 8.60. The second-order valence-corrected chi connectivity index (χ2v) is 12.9. The predicted molar refractivity (Wildman–Crippen MR) is 173 cm³/mol. The Morgan fingerprint density at radius 1 is 1.06 bits per heavy atom. The van der Waals surface area contributed by atoms with E-state index in [4.69, 9.17) is 18.9 Å². The van der Waals surface area contributed by atoms with Crippen molar-refractivity contribution < 1.29 is 45.3 Å². The molecule has 3 aromatic heterocycles. The van der Waals surface area contributed by atoms with Crippen LogP contribution < -0.4 is 19.5 Å². The number of benzene rings is 1. The molecule has 2 N–H and O–H groups in total. The van der Waals surface area contributed by atoms with Crippen LogP contribution in [-0.2, 0) is 25.7 Å². The molecule has 4 heterocycles. The van der Waals surface area contributed by atoms with E-state index in [0.717, 1.165) is 17.9 Å². The van der Waals surface area contributed by atoms with Gasteiger partial charge >= 0.3 is 6.18 Å². The van der Waals surface area contributed by atoms with Crippen LogP contribution in [0.2, 0.25) is 0 Å². The fourth-order valence-corrected chi connectivity index (χ4v) is 6.76. The number of ether oxygens (including phenoxy) is 4. The van der Waals surface area contributed by atoms with Gasteiger partial charge in [-0.2, -0.15) is 23.3 Å². The van der Waals surface area contributed by atoms with Crippen LogP contribution in [0.25, 0.3) is 5.82 Å². The summed E-state index contributed by atoms with van der Waals surface area (Å²) in [5.74, 6) is -1.46. The van der Waals surface area contributed by atoms with Crippen molar-refractivity contribution in [1.29, 1.82) is 0 Å². The number of hydrogen-bond acceptors (Lipinski definition) is 13. The molecule has 1 aliphatic heterocycles. The van der Waals surface area contributed by atoms with E-state index in [1.807, 2.05) is 9.62 Å². The van der Waals surface area contributed by atoms with Gasteiger partial charge in [0.1, 0.15) is 11.5 Å². The normalized spacial score (nSPS) is 15.3. The third kappa shape index (κ3) is 8.47. The van der Waals surface area contributed by atoms with Gasteiger partial charge in [0, 0.05) is 86.4 Å². The number of methoxy groups -OCH3 is 3. The van der Waals surface area contributed by atoms with E-state index >= 15 is 0 Å². The lowest BCUT2D eigenvalue weighted by atomic mass is 10.0. The smallest absolute Gasteiger partial charge is 0.435 e. The van der Waals surface area contributed by atoms with Crippen LogP contribution in [0.3, 0.4) is 0 Å². The SMILES string of the molecule is COc1cc(Nc2ncc(C(CN3CCOCC3)C(OC)S(=O)(=O)NC(=O)c3cccnc3)c(-n3nc(C(F)(F)F)cc3C)n2)cc(OC)c1. The number of aryl methyl sites for hydroxylation is 1. The van der Waals surface area contributed by atoms with Gasteiger partial charge in [0.15, 0.2) is 16.9 Å². The molecule has 0 radical (unpaired) electrons. The number of amides is 1. The number of pyridine rings is 1. The minimum Gasteiger partial charge on any atom is -0.497 e. The number of aromatic nitrogens is 5. The first-order chi connectivity index (χ1) is 23.8. The Balaban J connectivity index is 1.65. The third-order valence-electron chi connectivity index (χ3n) is 7.77. The molecule has 15 nitrogen and oxygen atoms in total. The van der Waals surface area contributed by atoms with Gasteiger partial charge in [0.25, 0.3) is 15.9 Å². The number of hydrogen-bond donors (Lipinski definition) is 2. The summed E-state index contributed by atoms with van der Waals surface area (Å²) >= 11 is 0. The first-order valence-electron chi connectivity index (χ1n) is 15.1. The topological polar surface area (TPSA) is 172 Å². The van der Waals surface area contributed by atoms with Crippen LogP contribution in [-0.4, -0.2) is 104 Å². The Hall–Kier alpha value is -4.85. The van der Waals surface area contributed by atoms with Crippen LogP contribution >= 0.6 is 0 Å². The number of nitrogens with one attached hydrogen (secondary N) is 2. The highest BCUT2D eigenvalue weighted by atomic mass is 32.2. The van der Waals surface area contributed by atoms with Gasteiger partial charge < -0.3 is 24.3 Å². The summed E-state index contributed by atoms with van der Waals surface area (Å²) < 4.78 is 94.2. The number of alkyl halides is 3. The maximum absolute atomic E-state index is 13.9. The van der Waals surface area contributed by atoms with Crippen molar-refractivity contribution in [2.45, 2.75) is 24.5 Å². The first-order valence-corrected chi connectivity index (χ1v) is 16.7. The molecule has 0 aliphatic carbocycles. The summed E-state index contributed by atoms with van der Waals surface area (Å²) in [6.07, 6.45) is -0.865. The molecular formula is C31H35F3N8O7S. The van der Waals surface area contributed by atoms with Crippen LogP contribution in [0.5, 0.6) is 11.5 Å². The number of halogens is 3. The quantitative estimate of drug-likeness (QED) is 0.206. The Morgan fingerprint density at radius 2 is 1.76 bits per heavy atom. The van der Waals surface area contributed by atoms with E-state index in [1.54, 1.807) is 18.2 Å². The molecule has 19 heteroatoms. The summed E-state index contributed by atoms with van der Waals surface area (Å²) in [6.45, 7) is 2.97. The van der Waals surface area contributed by atoms with Crippen molar-refractivity contribution in [3.63, 3.8) is 0 Å². The Kier molecular flexibility index (Phi) is 11.2. The van der Waals surface area contributed by atoms with E-state index < -0.39 is 39.2 Å². The second-order valence-electron chi connectivity index (χ2n) is 11.1. The summed E-state index contributed by atoms with van der Waals surface area (Å²) in [5, 5.41) is 6.81. The van der Waals surface area contributed by atoms with Gasteiger partial charge in [-0.25, -0.2) is 22.8 Å². The van der Waals surface area contributed by atoms with Crippen LogP contribution in [0.1, 0.15) is 33.2 Å². The Labute approximate surface area is 285 Å². The van der Waals surface area contributed by atoms with Crippen molar-refractivity contribution in [3.05, 3.63) is 77.5 Å².